The predicted molar refractivity (Wildman–Crippen MR) is 112 cm³/mol. The van der Waals surface area contributed by atoms with E-state index in [0.717, 1.165) is 24.0 Å². The molecule has 2 aromatic carbocycles. The highest BCUT2D eigenvalue weighted by atomic mass is 19.1. The minimum absolute atomic E-state index is 0.0225. The Morgan fingerprint density at radius 3 is 2.50 bits per heavy atom. The number of halogens is 1. The van der Waals surface area contributed by atoms with Crippen LogP contribution in [0.5, 0.6) is 0 Å². The van der Waals surface area contributed by atoms with Crippen LogP contribution in [0.15, 0.2) is 48.5 Å². The maximum absolute atomic E-state index is 13.1. The van der Waals surface area contributed by atoms with Gasteiger partial charge in [0.2, 0.25) is 5.91 Å². The number of carbonyl (C=O) groups is 2. The van der Waals surface area contributed by atoms with Crippen molar-refractivity contribution in [2.75, 3.05) is 13.1 Å². The lowest BCUT2D eigenvalue weighted by Crippen LogP contribution is -2.51. The molecule has 2 atom stereocenters. The standard InChI is InChI=1S/C23H27FN4O2/c1-15-3-2-4-17(13-15)22(29)25-19-9-11-28(12-10-19)23(30)21-14-20(26-27-21)16-5-7-18(24)8-6-16/h2-8,13,19-21,26-27H,9-12,14H2,1H3,(H,25,29). The van der Waals surface area contributed by atoms with Crippen LogP contribution >= 0.6 is 0 Å². The fraction of sp³-hybridized carbons (Fsp3) is 0.391. The van der Waals surface area contributed by atoms with Gasteiger partial charge in [-0.1, -0.05) is 29.8 Å². The molecule has 2 saturated heterocycles. The number of rotatable bonds is 4. The van der Waals surface area contributed by atoms with Crippen LogP contribution in [-0.4, -0.2) is 41.9 Å². The molecule has 2 fully saturated rings. The van der Waals surface area contributed by atoms with Crippen LogP contribution < -0.4 is 16.2 Å². The molecule has 0 radical (unpaired) electrons. The summed E-state index contributed by atoms with van der Waals surface area (Å²) in [6.07, 6.45) is 2.10. The number of carbonyl (C=O) groups excluding carboxylic acids is 2. The number of hydrogen-bond donors (Lipinski definition) is 3. The SMILES string of the molecule is Cc1cccc(C(=O)NC2CCN(C(=O)C3CC(c4ccc(F)cc4)NN3)CC2)c1. The van der Waals surface area contributed by atoms with Gasteiger partial charge < -0.3 is 10.2 Å². The lowest BCUT2D eigenvalue weighted by Gasteiger charge is -2.33. The topological polar surface area (TPSA) is 73.5 Å². The Kier molecular flexibility index (Phi) is 6.11. The second kappa shape index (κ2) is 8.93. The zero-order valence-corrected chi connectivity index (χ0v) is 17.0. The molecule has 30 heavy (non-hydrogen) atoms. The van der Waals surface area contributed by atoms with Gasteiger partial charge in [-0.2, -0.15) is 0 Å². The first-order valence-corrected chi connectivity index (χ1v) is 10.4. The summed E-state index contributed by atoms with van der Waals surface area (Å²) < 4.78 is 13.1. The highest BCUT2D eigenvalue weighted by Crippen LogP contribution is 2.24. The summed E-state index contributed by atoms with van der Waals surface area (Å²) in [5.74, 6) is -0.266. The van der Waals surface area contributed by atoms with Gasteiger partial charge >= 0.3 is 0 Å². The molecule has 2 unspecified atom stereocenters. The average Bonchev–Trinajstić information content (AvgIpc) is 3.24. The Morgan fingerprint density at radius 2 is 1.80 bits per heavy atom. The minimum Gasteiger partial charge on any atom is -0.349 e. The Labute approximate surface area is 175 Å². The number of aryl methyl sites for hydroxylation is 1. The molecule has 0 bridgehead atoms. The molecule has 2 aliphatic heterocycles. The van der Waals surface area contributed by atoms with E-state index in [2.05, 4.69) is 16.2 Å². The van der Waals surface area contributed by atoms with E-state index in [0.29, 0.717) is 25.1 Å². The molecule has 6 nitrogen and oxygen atoms in total. The van der Waals surface area contributed by atoms with Crippen molar-refractivity contribution < 1.29 is 14.0 Å². The van der Waals surface area contributed by atoms with Gasteiger partial charge in [0.1, 0.15) is 11.9 Å². The first-order chi connectivity index (χ1) is 14.5. The van der Waals surface area contributed by atoms with Crippen molar-refractivity contribution in [3.8, 4) is 0 Å². The predicted octanol–water partition coefficient (Wildman–Crippen LogP) is 2.46. The van der Waals surface area contributed by atoms with Crippen molar-refractivity contribution in [1.29, 1.82) is 0 Å². The van der Waals surface area contributed by atoms with E-state index in [1.807, 2.05) is 36.1 Å². The quantitative estimate of drug-likeness (QED) is 0.724. The Balaban J connectivity index is 1.26. The highest BCUT2D eigenvalue weighted by Gasteiger charge is 2.34. The van der Waals surface area contributed by atoms with Crippen molar-refractivity contribution in [1.82, 2.24) is 21.1 Å². The maximum atomic E-state index is 13.1. The lowest BCUT2D eigenvalue weighted by molar-refractivity contribution is -0.134. The zero-order chi connectivity index (χ0) is 21.1. The molecule has 7 heteroatoms. The second-order valence-corrected chi connectivity index (χ2v) is 8.12. The molecular formula is C23H27FN4O2. The summed E-state index contributed by atoms with van der Waals surface area (Å²) in [7, 11) is 0. The van der Waals surface area contributed by atoms with Crippen molar-refractivity contribution >= 4 is 11.8 Å². The molecule has 2 aromatic rings. The Bertz CT molecular complexity index is 910. The van der Waals surface area contributed by atoms with Gasteiger partial charge in [-0.15, -0.1) is 0 Å². The number of benzene rings is 2. The van der Waals surface area contributed by atoms with Crippen LogP contribution in [0.1, 0.15) is 46.8 Å². The lowest BCUT2D eigenvalue weighted by atomic mass is 9.99. The number of hydrazine groups is 1. The average molecular weight is 410 g/mol. The summed E-state index contributed by atoms with van der Waals surface area (Å²) >= 11 is 0. The smallest absolute Gasteiger partial charge is 0.251 e. The Morgan fingerprint density at radius 1 is 1.07 bits per heavy atom. The van der Waals surface area contributed by atoms with Gasteiger partial charge in [0, 0.05) is 30.7 Å². The minimum atomic E-state index is -0.307. The van der Waals surface area contributed by atoms with Crippen molar-refractivity contribution in [3.05, 3.63) is 71.0 Å². The maximum Gasteiger partial charge on any atom is 0.251 e. The molecular weight excluding hydrogens is 383 g/mol. The number of nitrogens with one attached hydrogen (secondary N) is 3. The molecule has 3 N–H and O–H groups in total. The van der Waals surface area contributed by atoms with Gasteiger partial charge in [0.25, 0.3) is 5.91 Å². The van der Waals surface area contributed by atoms with Crippen molar-refractivity contribution in [3.63, 3.8) is 0 Å². The van der Waals surface area contributed by atoms with Crippen LogP contribution in [0, 0.1) is 12.7 Å². The molecule has 0 saturated carbocycles. The van der Waals surface area contributed by atoms with Gasteiger partial charge in [-0.25, -0.2) is 15.2 Å². The number of likely N-dealkylation sites (tertiary alicyclic amines) is 1. The van der Waals surface area contributed by atoms with E-state index >= 15 is 0 Å². The molecule has 0 aromatic heterocycles. The number of nitrogens with zero attached hydrogens (tertiary/aromatic N) is 1. The summed E-state index contributed by atoms with van der Waals surface area (Å²) in [6, 6.07) is 13.6. The van der Waals surface area contributed by atoms with E-state index in [1.54, 1.807) is 12.1 Å². The van der Waals surface area contributed by atoms with E-state index in [1.165, 1.54) is 12.1 Å². The number of piperidine rings is 1. The van der Waals surface area contributed by atoms with E-state index in [-0.39, 0.29) is 35.8 Å². The van der Waals surface area contributed by atoms with Gasteiger partial charge in [-0.05, 0) is 56.0 Å². The summed E-state index contributed by atoms with van der Waals surface area (Å²) in [4.78, 5) is 27.2. The van der Waals surface area contributed by atoms with Crippen molar-refractivity contribution in [2.24, 2.45) is 0 Å². The van der Waals surface area contributed by atoms with E-state index < -0.39 is 0 Å². The number of amides is 2. The van der Waals surface area contributed by atoms with Gasteiger partial charge in [0.05, 0.1) is 0 Å². The molecule has 0 aliphatic carbocycles. The third kappa shape index (κ3) is 4.68. The molecule has 4 rings (SSSR count). The molecule has 2 heterocycles. The third-order valence-corrected chi connectivity index (χ3v) is 5.90. The third-order valence-electron chi connectivity index (χ3n) is 5.90. The van der Waals surface area contributed by atoms with Crippen LogP contribution in [0.4, 0.5) is 4.39 Å². The van der Waals surface area contributed by atoms with Crippen LogP contribution in [-0.2, 0) is 4.79 Å². The molecule has 2 aliphatic rings. The first-order valence-electron chi connectivity index (χ1n) is 10.4. The summed E-state index contributed by atoms with van der Waals surface area (Å²) in [5.41, 5.74) is 8.90. The molecule has 158 valence electrons. The van der Waals surface area contributed by atoms with Crippen molar-refractivity contribution in [2.45, 2.75) is 44.3 Å². The highest BCUT2D eigenvalue weighted by molar-refractivity contribution is 5.94. The van der Waals surface area contributed by atoms with Crippen LogP contribution in [0.25, 0.3) is 0 Å². The molecule has 0 spiro atoms. The normalized spacial score (nSPS) is 22.1. The summed E-state index contributed by atoms with van der Waals surface area (Å²) in [5, 5.41) is 3.09. The van der Waals surface area contributed by atoms with Crippen LogP contribution in [0.3, 0.4) is 0 Å². The van der Waals surface area contributed by atoms with E-state index in [9.17, 15) is 14.0 Å². The molecule has 2 amide bonds. The van der Waals surface area contributed by atoms with Crippen LogP contribution in [0.2, 0.25) is 0 Å². The monoisotopic (exact) mass is 410 g/mol. The largest absolute Gasteiger partial charge is 0.349 e. The fourth-order valence-corrected chi connectivity index (χ4v) is 4.15. The first kappa shape index (κ1) is 20.5. The summed E-state index contributed by atoms with van der Waals surface area (Å²) in [6.45, 7) is 3.21. The second-order valence-electron chi connectivity index (χ2n) is 8.12. The fourth-order valence-electron chi connectivity index (χ4n) is 4.15. The van der Waals surface area contributed by atoms with E-state index in [4.69, 9.17) is 0 Å². The zero-order valence-electron chi connectivity index (χ0n) is 17.0. The van der Waals surface area contributed by atoms with Gasteiger partial charge in [0.15, 0.2) is 0 Å². The number of hydrogen-bond acceptors (Lipinski definition) is 4. The Hall–Kier alpha value is -2.77. The van der Waals surface area contributed by atoms with Gasteiger partial charge in [-0.3, -0.25) is 9.59 Å².